The summed E-state index contributed by atoms with van der Waals surface area (Å²) in [7, 11) is 0. The first-order valence-corrected chi connectivity index (χ1v) is 12.6. The molecule has 4 aromatic rings. The van der Waals surface area contributed by atoms with Gasteiger partial charge in [-0.2, -0.15) is 10.2 Å². The molecule has 5 rings (SSSR count). The average molecular weight is 483 g/mol. The number of allylic oxidation sites excluding steroid dienone is 1. The van der Waals surface area contributed by atoms with Gasteiger partial charge < -0.3 is 5.32 Å². The van der Waals surface area contributed by atoms with Gasteiger partial charge in [0.2, 0.25) is 5.01 Å². The van der Waals surface area contributed by atoms with Crippen molar-refractivity contribution in [2.75, 3.05) is 0 Å². The van der Waals surface area contributed by atoms with Gasteiger partial charge in [-0.15, -0.1) is 10.2 Å². The molecule has 0 bridgehead atoms. The number of hydrogen-bond donors (Lipinski definition) is 1. The highest BCUT2D eigenvalue weighted by atomic mass is 32.1. The number of carbonyl (C=O) groups is 1. The number of aromatic nitrogens is 5. The summed E-state index contributed by atoms with van der Waals surface area (Å²) in [6.45, 7) is 0.374. The van der Waals surface area contributed by atoms with Crippen molar-refractivity contribution in [1.82, 2.24) is 30.7 Å². The lowest BCUT2D eigenvalue weighted by Crippen LogP contribution is -2.23. The third-order valence-electron chi connectivity index (χ3n) is 5.87. The normalized spacial score (nSPS) is 12.3. The summed E-state index contributed by atoms with van der Waals surface area (Å²) in [5.74, 6) is -0.215. The van der Waals surface area contributed by atoms with Crippen LogP contribution in [0.4, 0.5) is 0 Å². The van der Waals surface area contributed by atoms with E-state index in [1.54, 1.807) is 6.20 Å². The summed E-state index contributed by atoms with van der Waals surface area (Å²) in [5.41, 5.74) is 6.81. The van der Waals surface area contributed by atoms with Crippen molar-refractivity contribution in [1.29, 1.82) is 0 Å². The second kappa shape index (κ2) is 11.1. The number of rotatable bonds is 10. The van der Waals surface area contributed by atoms with E-state index < -0.39 is 0 Å². The van der Waals surface area contributed by atoms with Gasteiger partial charge in [-0.25, -0.2) is 0 Å². The zero-order chi connectivity index (χ0) is 23.9. The van der Waals surface area contributed by atoms with Gasteiger partial charge in [0, 0.05) is 19.0 Å². The summed E-state index contributed by atoms with van der Waals surface area (Å²) in [6, 6.07) is 18.3. The van der Waals surface area contributed by atoms with Gasteiger partial charge in [0.15, 0.2) is 0 Å². The Bertz CT molecular complexity index is 1320. The molecule has 0 aliphatic heterocycles. The molecule has 0 radical (unpaired) electrons. The predicted octanol–water partition coefficient (Wildman–Crippen LogP) is 4.40. The van der Waals surface area contributed by atoms with Crippen LogP contribution >= 0.6 is 11.3 Å². The summed E-state index contributed by atoms with van der Waals surface area (Å²) < 4.78 is 0. The van der Waals surface area contributed by atoms with Crippen LogP contribution in [-0.4, -0.2) is 31.3 Å². The molecule has 0 saturated heterocycles. The Hall–Kier alpha value is -3.78. The van der Waals surface area contributed by atoms with Gasteiger partial charge in [0.1, 0.15) is 5.01 Å². The number of aryl methyl sites for hydroxylation is 2. The van der Waals surface area contributed by atoms with Gasteiger partial charge in [-0.3, -0.25) is 9.78 Å². The van der Waals surface area contributed by atoms with Crippen LogP contribution in [0.3, 0.4) is 0 Å². The molecule has 3 heterocycles. The number of carbonyl (C=O) groups excluding carboxylic acids is 1. The molecule has 0 saturated carbocycles. The number of fused-ring (bicyclic) bond motifs is 1. The number of nitrogens with one attached hydrogen (secondary N) is 1. The molecule has 1 N–H and O–H groups in total. The largest absolute Gasteiger partial charge is 0.344 e. The maximum atomic E-state index is 12.3. The molecule has 3 aromatic heterocycles. The second-order valence-corrected chi connectivity index (χ2v) is 9.65. The lowest BCUT2D eigenvalue weighted by molar-refractivity contribution is 0.0949. The first-order valence-electron chi connectivity index (χ1n) is 11.8. The van der Waals surface area contributed by atoms with Crippen LogP contribution in [0.1, 0.15) is 55.9 Å². The van der Waals surface area contributed by atoms with Crippen LogP contribution in [0, 0.1) is 0 Å². The third kappa shape index (κ3) is 6.22. The first kappa shape index (κ1) is 23.0. The highest BCUT2D eigenvalue weighted by molar-refractivity contribution is 7.13. The number of pyridine rings is 1. The molecule has 7 nitrogen and oxygen atoms in total. The second-order valence-electron chi connectivity index (χ2n) is 8.59. The summed E-state index contributed by atoms with van der Waals surface area (Å²) in [4.78, 5) is 16.5. The zero-order valence-electron chi connectivity index (χ0n) is 19.4. The highest BCUT2D eigenvalue weighted by Crippen LogP contribution is 2.26. The predicted molar refractivity (Wildman–Crippen MR) is 136 cm³/mol. The average Bonchev–Trinajstić information content (AvgIpc) is 3.53. The molecule has 8 heteroatoms. The molecular weight excluding hydrogens is 456 g/mol. The Kier molecular flexibility index (Phi) is 7.29. The van der Waals surface area contributed by atoms with Gasteiger partial charge >= 0.3 is 0 Å². The van der Waals surface area contributed by atoms with Crippen molar-refractivity contribution < 1.29 is 4.79 Å². The van der Waals surface area contributed by atoms with E-state index in [0.29, 0.717) is 11.6 Å². The Morgan fingerprint density at radius 3 is 2.63 bits per heavy atom. The quantitative estimate of drug-likeness (QED) is 0.337. The van der Waals surface area contributed by atoms with Gasteiger partial charge in [-0.1, -0.05) is 59.4 Å². The molecule has 1 aliphatic rings. The Balaban J connectivity index is 1.07. The minimum Gasteiger partial charge on any atom is -0.344 e. The van der Waals surface area contributed by atoms with Gasteiger partial charge in [0.05, 0.1) is 23.6 Å². The lowest BCUT2D eigenvalue weighted by atomic mass is 10.0. The minimum atomic E-state index is -0.215. The maximum absolute atomic E-state index is 12.3. The molecule has 1 amide bonds. The Labute approximate surface area is 208 Å². The molecule has 1 aromatic carbocycles. The van der Waals surface area contributed by atoms with Crippen molar-refractivity contribution >= 4 is 23.3 Å². The Morgan fingerprint density at radius 2 is 1.77 bits per heavy atom. The van der Waals surface area contributed by atoms with E-state index in [9.17, 15) is 4.79 Å². The van der Waals surface area contributed by atoms with E-state index in [1.807, 2.05) is 24.3 Å². The first-order chi connectivity index (χ1) is 17.2. The van der Waals surface area contributed by atoms with Crippen molar-refractivity contribution in [2.45, 2.75) is 45.1 Å². The molecule has 0 fully saturated rings. The number of amides is 1. The van der Waals surface area contributed by atoms with Crippen LogP contribution in [-0.2, 0) is 32.2 Å². The SMILES string of the molecule is O=C(NCc1ccccn1)c1nnc(CCCCc2cc3c(nn2)CC(Cc2ccccc2)=C3)s1. The van der Waals surface area contributed by atoms with E-state index >= 15 is 0 Å². The van der Waals surface area contributed by atoms with E-state index in [4.69, 9.17) is 0 Å². The number of nitrogens with zero attached hydrogens (tertiary/aromatic N) is 5. The summed E-state index contributed by atoms with van der Waals surface area (Å²) in [6.07, 6.45) is 9.42. The zero-order valence-corrected chi connectivity index (χ0v) is 20.2. The molecule has 0 spiro atoms. The van der Waals surface area contributed by atoms with Crippen molar-refractivity contribution in [2.24, 2.45) is 0 Å². The third-order valence-corrected chi connectivity index (χ3v) is 6.86. The van der Waals surface area contributed by atoms with Gasteiger partial charge in [-0.05, 0) is 55.0 Å². The standard InChI is InChI=1S/C27H26N6OS/c34-26(29-18-23-11-6-7-13-28-23)27-33-32-25(35-27)12-5-4-10-22-17-21-15-20(16-24(21)31-30-22)14-19-8-2-1-3-9-19/h1-3,6-9,11,13,15,17H,4-5,10,12,14,16,18H2,(H,29,34). The van der Waals surface area contributed by atoms with E-state index in [2.05, 4.69) is 67.1 Å². The summed E-state index contributed by atoms with van der Waals surface area (Å²) >= 11 is 1.35. The van der Waals surface area contributed by atoms with Crippen LogP contribution in [0.2, 0.25) is 0 Å². The van der Waals surface area contributed by atoms with E-state index in [0.717, 1.165) is 60.6 Å². The molecular formula is C27H26N6OS. The lowest BCUT2D eigenvalue weighted by Gasteiger charge is -2.03. The number of unbranched alkanes of at least 4 members (excludes halogenated alkanes) is 1. The van der Waals surface area contributed by atoms with Crippen LogP contribution < -0.4 is 5.32 Å². The summed E-state index contributed by atoms with van der Waals surface area (Å²) in [5, 5.41) is 21.3. The molecule has 35 heavy (non-hydrogen) atoms. The van der Waals surface area contributed by atoms with Gasteiger partial charge in [0.25, 0.3) is 5.91 Å². The molecule has 0 atom stereocenters. The van der Waals surface area contributed by atoms with E-state index in [-0.39, 0.29) is 5.91 Å². The topological polar surface area (TPSA) is 93.6 Å². The smallest absolute Gasteiger partial charge is 0.282 e. The number of hydrogen-bond acceptors (Lipinski definition) is 7. The monoisotopic (exact) mass is 482 g/mol. The molecule has 1 aliphatic carbocycles. The fraction of sp³-hybridized carbons (Fsp3) is 0.259. The van der Waals surface area contributed by atoms with Crippen LogP contribution in [0.25, 0.3) is 6.08 Å². The molecule has 0 unspecified atom stereocenters. The van der Waals surface area contributed by atoms with Crippen molar-refractivity contribution in [3.05, 3.63) is 105 Å². The maximum Gasteiger partial charge on any atom is 0.282 e. The fourth-order valence-electron chi connectivity index (χ4n) is 4.09. The Morgan fingerprint density at radius 1 is 0.914 bits per heavy atom. The number of benzene rings is 1. The fourth-order valence-corrected chi connectivity index (χ4v) is 4.89. The molecule has 176 valence electrons. The van der Waals surface area contributed by atoms with Crippen LogP contribution in [0.5, 0.6) is 0 Å². The minimum absolute atomic E-state index is 0.215. The van der Waals surface area contributed by atoms with E-state index in [1.165, 1.54) is 28.0 Å². The highest BCUT2D eigenvalue weighted by Gasteiger charge is 2.16. The van der Waals surface area contributed by atoms with Crippen molar-refractivity contribution in [3.8, 4) is 0 Å². The van der Waals surface area contributed by atoms with Crippen LogP contribution in [0.15, 0.2) is 66.4 Å². The van der Waals surface area contributed by atoms with Crippen molar-refractivity contribution in [3.63, 3.8) is 0 Å².